The van der Waals surface area contributed by atoms with Crippen molar-refractivity contribution < 1.29 is 27.9 Å². The Hall–Kier alpha value is -1.19. The van der Waals surface area contributed by atoms with Gasteiger partial charge in [0.15, 0.2) is 0 Å². The minimum absolute atomic E-state index is 0.139. The lowest BCUT2D eigenvalue weighted by Gasteiger charge is -2.24. The Bertz CT molecular complexity index is 519. The van der Waals surface area contributed by atoms with E-state index < -0.39 is 34.1 Å². The number of aliphatic carboxylic acids is 1. The first-order valence-corrected chi connectivity index (χ1v) is 9.28. The first-order valence-electron chi connectivity index (χ1n) is 7.84. The highest BCUT2D eigenvalue weighted by Gasteiger charge is 2.39. The predicted octanol–water partition coefficient (Wildman–Crippen LogP) is 0.595. The largest absolute Gasteiger partial charge is 0.481 e. The summed E-state index contributed by atoms with van der Waals surface area (Å²) in [5.74, 6) is -2.26. The van der Waals surface area contributed by atoms with Crippen molar-refractivity contribution in [3.05, 3.63) is 0 Å². The van der Waals surface area contributed by atoms with Gasteiger partial charge in [-0.05, 0) is 32.1 Å². The van der Waals surface area contributed by atoms with E-state index >= 15 is 0 Å². The molecule has 1 aliphatic heterocycles. The standard InChI is InChI=1S/C14H26N2O6S/c1-4-22-14(19)12-6-5-7-16(12)23(20,21)15-9-11(13(17)18)8-10(2)3/h10-12,15H,4-9H2,1-3H3,(H,17,18). The summed E-state index contributed by atoms with van der Waals surface area (Å²) >= 11 is 0. The van der Waals surface area contributed by atoms with Gasteiger partial charge in [0.25, 0.3) is 10.2 Å². The number of hydrogen-bond acceptors (Lipinski definition) is 5. The van der Waals surface area contributed by atoms with Crippen LogP contribution in [-0.4, -0.2) is 55.5 Å². The number of carbonyl (C=O) groups excluding carboxylic acids is 1. The van der Waals surface area contributed by atoms with Gasteiger partial charge in [0, 0.05) is 13.1 Å². The van der Waals surface area contributed by atoms with Gasteiger partial charge in [-0.15, -0.1) is 0 Å². The molecule has 1 aliphatic rings. The van der Waals surface area contributed by atoms with Crippen LogP contribution >= 0.6 is 0 Å². The molecule has 2 atom stereocenters. The summed E-state index contributed by atoms with van der Waals surface area (Å²) < 4.78 is 33.1. The molecule has 0 radical (unpaired) electrons. The molecule has 1 rings (SSSR count). The third-order valence-corrected chi connectivity index (χ3v) is 5.27. The van der Waals surface area contributed by atoms with Gasteiger partial charge in [0.1, 0.15) is 6.04 Å². The Morgan fingerprint density at radius 2 is 2.04 bits per heavy atom. The molecule has 9 heteroatoms. The lowest BCUT2D eigenvalue weighted by Crippen LogP contribution is -2.48. The van der Waals surface area contributed by atoms with Crippen molar-refractivity contribution in [2.24, 2.45) is 11.8 Å². The van der Waals surface area contributed by atoms with E-state index in [9.17, 15) is 23.1 Å². The number of nitrogens with one attached hydrogen (secondary N) is 1. The molecule has 0 saturated carbocycles. The molecule has 0 bridgehead atoms. The van der Waals surface area contributed by atoms with Crippen LogP contribution in [0.25, 0.3) is 0 Å². The van der Waals surface area contributed by atoms with Crippen molar-refractivity contribution in [2.45, 2.75) is 46.1 Å². The van der Waals surface area contributed by atoms with Gasteiger partial charge in [-0.25, -0.2) is 4.72 Å². The third-order valence-electron chi connectivity index (χ3n) is 3.69. The van der Waals surface area contributed by atoms with Gasteiger partial charge < -0.3 is 9.84 Å². The molecule has 0 aromatic carbocycles. The molecule has 0 aromatic rings. The first-order chi connectivity index (χ1) is 10.7. The molecule has 23 heavy (non-hydrogen) atoms. The lowest BCUT2D eigenvalue weighted by molar-refractivity contribution is -0.147. The highest BCUT2D eigenvalue weighted by Crippen LogP contribution is 2.22. The Morgan fingerprint density at radius 3 is 2.57 bits per heavy atom. The van der Waals surface area contributed by atoms with Crippen LogP contribution in [0.4, 0.5) is 0 Å². The number of ether oxygens (including phenoxy) is 1. The average Bonchev–Trinajstić information content (AvgIpc) is 2.93. The predicted molar refractivity (Wildman–Crippen MR) is 83.9 cm³/mol. The van der Waals surface area contributed by atoms with Gasteiger partial charge in [0.05, 0.1) is 12.5 Å². The average molecular weight is 350 g/mol. The zero-order valence-electron chi connectivity index (χ0n) is 13.8. The van der Waals surface area contributed by atoms with Crippen molar-refractivity contribution >= 4 is 22.1 Å². The molecule has 2 N–H and O–H groups in total. The van der Waals surface area contributed by atoms with Crippen LogP contribution in [0.15, 0.2) is 0 Å². The summed E-state index contributed by atoms with van der Waals surface area (Å²) in [6.07, 6.45) is 1.35. The zero-order valence-corrected chi connectivity index (χ0v) is 14.6. The number of rotatable bonds is 9. The van der Waals surface area contributed by atoms with Gasteiger partial charge >= 0.3 is 11.9 Å². The number of hydrogen-bond donors (Lipinski definition) is 2. The summed E-state index contributed by atoms with van der Waals surface area (Å²) in [5, 5.41) is 9.17. The number of esters is 1. The molecule has 1 fully saturated rings. The molecule has 8 nitrogen and oxygen atoms in total. The topological polar surface area (TPSA) is 113 Å². The highest BCUT2D eigenvalue weighted by atomic mass is 32.2. The normalized spacial score (nSPS) is 20.6. The van der Waals surface area contributed by atoms with E-state index in [1.165, 1.54) is 0 Å². The smallest absolute Gasteiger partial charge is 0.324 e. The molecular formula is C14H26N2O6S. The lowest BCUT2D eigenvalue weighted by atomic mass is 9.98. The van der Waals surface area contributed by atoms with E-state index in [1.807, 2.05) is 13.8 Å². The van der Waals surface area contributed by atoms with Gasteiger partial charge in [-0.3, -0.25) is 9.59 Å². The molecule has 2 unspecified atom stereocenters. The maximum atomic E-state index is 12.4. The van der Waals surface area contributed by atoms with Crippen LogP contribution in [0.1, 0.15) is 40.0 Å². The van der Waals surface area contributed by atoms with Crippen LogP contribution in [-0.2, 0) is 24.5 Å². The van der Waals surface area contributed by atoms with E-state index in [2.05, 4.69) is 4.72 Å². The quantitative estimate of drug-likeness (QED) is 0.589. The molecule has 1 heterocycles. The minimum Gasteiger partial charge on any atom is -0.481 e. The van der Waals surface area contributed by atoms with Crippen LogP contribution in [0.2, 0.25) is 0 Å². The number of nitrogens with zero attached hydrogens (tertiary/aromatic N) is 1. The van der Waals surface area contributed by atoms with Gasteiger partial charge in [-0.1, -0.05) is 13.8 Å². The minimum atomic E-state index is -3.92. The zero-order chi connectivity index (χ0) is 17.6. The molecule has 0 spiro atoms. The fourth-order valence-electron chi connectivity index (χ4n) is 2.63. The fourth-order valence-corrected chi connectivity index (χ4v) is 4.10. The third kappa shape index (κ3) is 5.74. The first kappa shape index (κ1) is 19.9. The Balaban J connectivity index is 2.73. The molecule has 0 aliphatic carbocycles. The van der Waals surface area contributed by atoms with Crippen LogP contribution < -0.4 is 4.72 Å². The van der Waals surface area contributed by atoms with E-state index in [4.69, 9.17) is 4.74 Å². The Labute approximate surface area is 137 Å². The summed E-state index contributed by atoms with van der Waals surface area (Å²) in [6.45, 7) is 5.63. The SMILES string of the molecule is CCOC(=O)C1CCCN1S(=O)(=O)NCC(CC(C)C)C(=O)O. The summed E-state index contributed by atoms with van der Waals surface area (Å²) in [5.41, 5.74) is 0. The molecular weight excluding hydrogens is 324 g/mol. The van der Waals surface area contributed by atoms with Gasteiger partial charge in [0.2, 0.25) is 0 Å². The second-order valence-corrected chi connectivity index (χ2v) is 7.75. The van der Waals surface area contributed by atoms with Crippen molar-refractivity contribution in [1.29, 1.82) is 0 Å². The molecule has 0 aromatic heterocycles. The maximum Gasteiger partial charge on any atom is 0.324 e. The van der Waals surface area contributed by atoms with Gasteiger partial charge in [-0.2, -0.15) is 12.7 Å². The van der Waals surface area contributed by atoms with Crippen molar-refractivity contribution in [1.82, 2.24) is 9.03 Å². The number of carboxylic acids is 1. The number of carboxylic acid groups (broad SMARTS) is 1. The summed E-state index contributed by atoms with van der Waals surface area (Å²) in [7, 11) is -3.92. The second-order valence-electron chi connectivity index (χ2n) is 6.04. The van der Waals surface area contributed by atoms with E-state index in [-0.39, 0.29) is 25.6 Å². The monoisotopic (exact) mass is 350 g/mol. The van der Waals surface area contributed by atoms with Crippen molar-refractivity contribution in [3.63, 3.8) is 0 Å². The maximum absolute atomic E-state index is 12.4. The number of carbonyl (C=O) groups is 2. The summed E-state index contributed by atoms with van der Waals surface area (Å²) in [4.78, 5) is 23.1. The van der Waals surface area contributed by atoms with Crippen LogP contribution in [0.5, 0.6) is 0 Å². The van der Waals surface area contributed by atoms with Crippen LogP contribution in [0, 0.1) is 11.8 Å². The fraction of sp³-hybridized carbons (Fsp3) is 0.857. The van der Waals surface area contributed by atoms with Crippen LogP contribution in [0.3, 0.4) is 0 Å². The van der Waals surface area contributed by atoms with Crippen molar-refractivity contribution in [3.8, 4) is 0 Å². The Morgan fingerprint density at radius 1 is 1.39 bits per heavy atom. The van der Waals surface area contributed by atoms with E-state index in [0.717, 1.165) is 4.31 Å². The van der Waals surface area contributed by atoms with E-state index in [0.29, 0.717) is 19.3 Å². The molecule has 134 valence electrons. The summed E-state index contributed by atoms with van der Waals surface area (Å²) in [6, 6.07) is -0.833. The molecule has 0 amide bonds. The van der Waals surface area contributed by atoms with Crippen molar-refractivity contribution in [2.75, 3.05) is 19.7 Å². The van der Waals surface area contributed by atoms with E-state index in [1.54, 1.807) is 6.92 Å². The highest BCUT2D eigenvalue weighted by molar-refractivity contribution is 7.87. The Kier molecular flexibility index (Phi) is 7.43. The second kappa shape index (κ2) is 8.60. The molecule has 1 saturated heterocycles.